The summed E-state index contributed by atoms with van der Waals surface area (Å²) in [5.41, 5.74) is 6.58. The molecule has 2 unspecified atom stereocenters. The number of benzene rings is 1. The maximum atomic E-state index is 13.0. The van der Waals surface area contributed by atoms with Crippen LogP contribution in [0.2, 0.25) is 0 Å². The first-order chi connectivity index (χ1) is 7.18. The van der Waals surface area contributed by atoms with Gasteiger partial charge in [0.2, 0.25) is 0 Å². The summed E-state index contributed by atoms with van der Waals surface area (Å²) in [6, 6.07) is 3.53. The van der Waals surface area contributed by atoms with E-state index in [0.717, 1.165) is 12.5 Å². The van der Waals surface area contributed by atoms with Crippen molar-refractivity contribution in [3.05, 3.63) is 35.4 Å². The summed E-state index contributed by atoms with van der Waals surface area (Å²) >= 11 is 0. The zero-order chi connectivity index (χ0) is 10.8. The fraction of sp³-hybridized carbons (Fsp3) is 0.455. The lowest BCUT2D eigenvalue weighted by atomic mass is 9.93. The maximum Gasteiger partial charge on any atom is 0.159 e. The Morgan fingerprint density at radius 2 is 2.13 bits per heavy atom. The standard InChI is InChI=1S/C11H13F2NO/c12-9-2-1-7(5-10(9)13)11(14)8-3-4-15-6-8/h1-2,5,8,11H,3-4,6,14H2. The molecule has 0 amide bonds. The molecule has 1 aromatic carbocycles. The highest BCUT2D eigenvalue weighted by Gasteiger charge is 2.24. The van der Waals surface area contributed by atoms with Crippen LogP contribution < -0.4 is 5.73 Å². The molecule has 0 aromatic heterocycles. The average Bonchev–Trinajstić information content (AvgIpc) is 2.74. The molecule has 1 heterocycles. The third kappa shape index (κ3) is 2.16. The largest absolute Gasteiger partial charge is 0.381 e. The molecular formula is C11H13F2NO. The molecule has 0 saturated carbocycles. The smallest absolute Gasteiger partial charge is 0.159 e. The van der Waals surface area contributed by atoms with Crippen LogP contribution in [0.5, 0.6) is 0 Å². The minimum atomic E-state index is -0.845. The highest BCUT2D eigenvalue weighted by Crippen LogP contribution is 2.27. The number of halogens is 2. The van der Waals surface area contributed by atoms with Crippen molar-refractivity contribution in [2.45, 2.75) is 12.5 Å². The zero-order valence-electron chi connectivity index (χ0n) is 8.25. The summed E-state index contributed by atoms with van der Waals surface area (Å²) in [5, 5.41) is 0. The summed E-state index contributed by atoms with van der Waals surface area (Å²) in [5.74, 6) is -1.48. The van der Waals surface area contributed by atoms with Gasteiger partial charge in [0.25, 0.3) is 0 Å². The van der Waals surface area contributed by atoms with E-state index in [0.29, 0.717) is 18.8 Å². The Morgan fingerprint density at radius 1 is 1.33 bits per heavy atom. The fourth-order valence-electron chi connectivity index (χ4n) is 1.83. The molecule has 0 bridgehead atoms. The van der Waals surface area contributed by atoms with E-state index < -0.39 is 11.6 Å². The highest BCUT2D eigenvalue weighted by molar-refractivity contribution is 5.21. The Bertz CT molecular complexity index is 350. The van der Waals surface area contributed by atoms with Crippen molar-refractivity contribution in [2.75, 3.05) is 13.2 Å². The van der Waals surface area contributed by atoms with E-state index in [9.17, 15) is 8.78 Å². The van der Waals surface area contributed by atoms with Gasteiger partial charge in [-0.25, -0.2) is 8.78 Å². The molecule has 82 valence electrons. The highest BCUT2D eigenvalue weighted by atomic mass is 19.2. The molecule has 2 rings (SSSR count). The monoisotopic (exact) mass is 213 g/mol. The van der Waals surface area contributed by atoms with Crippen LogP contribution in [0.1, 0.15) is 18.0 Å². The molecule has 4 heteroatoms. The van der Waals surface area contributed by atoms with Gasteiger partial charge in [-0.3, -0.25) is 0 Å². The van der Waals surface area contributed by atoms with Crippen LogP contribution in [-0.4, -0.2) is 13.2 Å². The number of hydrogen-bond acceptors (Lipinski definition) is 2. The first-order valence-corrected chi connectivity index (χ1v) is 4.97. The Hall–Kier alpha value is -1.00. The number of ether oxygens (including phenoxy) is 1. The van der Waals surface area contributed by atoms with Crippen molar-refractivity contribution in [2.24, 2.45) is 11.7 Å². The van der Waals surface area contributed by atoms with Crippen LogP contribution in [0.25, 0.3) is 0 Å². The molecule has 2 nitrogen and oxygen atoms in total. The van der Waals surface area contributed by atoms with E-state index in [1.165, 1.54) is 12.1 Å². The van der Waals surface area contributed by atoms with E-state index in [4.69, 9.17) is 10.5 Å². The number of nitrogens with two attached hydrogens (primary N) is 1. The second-order valence-electron chi connectivity index (χ2n) is 3.82. The van der Waals surface area contributed by atoms with Gasteiger partial charge in [0.1, 0.15) is 0 Å². The SMILES string of the molecule is NC(c1ccc(F)c(F)c1)C1CCOC1. The van der Waals surface area contributed by atoms with Gasteiger partial charge in [-0.15, -0.1) is 0 Å². The van der Waals surface area contributed by atoms with E-state index in [2.05, 4.69) is 0 Å². The predicted octanol–water partition coefficient (Wildman–Crippen LogP) is 2.00. The second kappa shape index (κ2) is 4.24. The van der Waals surface area contributed by atoms with Gasteiger partial charge < -0.3 is 10.5 Å². The van der Waals surface area contributed by atoms with Crippen LogP contribution in [0.4, 0.5) is 8.78 Å². The van der Waals surface area contributed by atoms with Crippen LogP contribution in [-0.2, 0) is 4.74 Å². The number of rotatable bonds is 2. The third-order valence-electron chi connectivity index (χ3n) is 2.80. The van der Waals surface area contributed by atoms with Crippen LogP contribution in [0.15, 0.2) is 18.2 Å². The quantitative estimate of drug-likeness (QED) is 0.815. The van der Waals surface area contributed by atoms with Crippen LogP contribution in [0.3, 0.4) is 0 Å². The van der Waals surface area contributed by atoms with E-state index in [-0.39, 0.29) is 12.0 Å². The topological polar surface area (TPSA) is 35.2 Å². The second-order valence-corrected chi connectivity index (χ2v) is 3.82. The van der Waals surface area contributed by atoms with E-state index in [1.807, 2.05) is 0 Å². The summed E-state index contributed by atoms with van der Waals surface area (Å²) in [4.78, 5) is 0. The first kappa shape index (κ1) is 10.5. The van der Waals surface area contributed by atoms with Crippen molar-refractivity contribution in [1.82, 2.24) is 0 Å². The van der Waals surface area contributed by atoms with Gasteiger partial charge in [0, 0.05) is 18.6 Å². The van der Waals surface area contributed by atoms with Crippen molar-refractivity contribution in [3.63, 3.8) is 0 Å². The normalized spacial score (nSPS) is 23.0. The molecule has 1 fully saturated rings. The van der Waals surface area contributed by atoms with Crippen LogP contribution in [0, 0.1) is 17.6 Å². The van der Waals surface area contributed by atoms with Crippen molar-refractivity contribution in [3.8, 4) is 0 Å². The Labute approximate surface area is 87.0 Å². The van der Waals surface area contributed by atoms with Crippen molar-refractivity contribution >= 4 is 0 Å². The molecule has 0 spiro atoms. The minimum Gasteiger partial charge on any atom is -0.381 e. The maximum absolute atomic E-state index is 13.0. The average molecular weight is 213 g/mol. The van der Waals surface area contributed by atoms with Gasteiger partial charge in [0.05, 0.1) is 6.61 Å². The minimum absolute atomic E-state index is 0.204. The van der Waals surface area contributed by atoms with Crippen molar-refractivity contribution < 1.29 is 13.5 Å². The lowest BCUT2D eigenvalue weighted by Gasteiger charge is -2.17. The Kier molecular flexibility index (Phi) is 2.98. The molecule has 1 aliphatic heterocycles. The first-order valence-electron chi connectivity index (χ1n) is 4.97. The van der Waals surface area contributed by atoms with Gasteiger partial charge in [0.15, 0.2) is 11.6 Å². The van der Waals surface area contributed by atoms with E-state index in [1.54, 1.807) is 0 Å². The van der Waals surface area contributed by atoms with Crippen LogP contribution >= 0.6 is 0 Å². The summed E-state index contributed by atoms with van der Waals surface area (Å²) in [6.45, 7) is 1.29. The molecule has 0 aliphatic carbocycles. The Balaban J connectivity index is 2.17. The third-order valence-corrected chi connectivity index (χ3v) is 2.80. The molecule has 1 aliphatic rings. The summed E-state index contributed by atoms with van der Waals surface area (Å²) in [7, 11) is 0. The molecule has 0 radical (unpaired) electrons. The molecule has 2 N–H and O–H groups in total. The lowest BCUT2D eigenvalue weighted by molar-refractivity contribution is 0.181. The van der Waals surface area contributed by atoms with Gasteiger partial charge >= 0.3 is 0 Å². The zero-order valence-corrected chi connectivity index (χ0v) is 8.25. The number of hydrogen-bond donors (Lipinski definition) is 1. The summed E-state index contributed by atoms with van der Waals surface area (Å²) < 4.78 is 30.9. The van der Waals surface area contributed by atoms with E-state index >= 15 is 0 Å². The van der Waals surface area contributed by atoms with Crippen molar-refractivity contribution in [1.29, 1.82) is 0 Å². The molecule has 1 aromatic rings. The summed E-state index contributed by atoms with van der Waals surface area (Å²) in [6.07, 6.45) is 0.875. The molecule has 15 heavy (non-hydrogen) atoms. The predicted molar refractivity (Wildman–Crippen MR) is 52.2 cm³/mol. The Morgan fingerprint density at radius 3 is 2.73 bits per heavy atom. The molecule has 1 saturated heterocycles. The van der Waals surface area contributed by atoms with Gasteiger partial charge in [-0.1, -0.05) is 6.07 Å². The van der Waals surface area contributed by atoms with Gasteiger partial charge in [-0.05, 0) is 24.1 Å². The molecular weight excluding hydrogens is 200 g/mol. The van der Waals surface area contributed by atoms with Gasteiger partial charge in [-0.2, -0.15) is 0 Å². The lowest BCUT2D eigenvalue weighted by Crippen LogP contribution is -2.21. The fourth-order valence-corrected chi connectivity index (χ4v) is 1.83. The molecule has 2 atom stereocenters.